The summed E-state index contributed by atoms with van der Waals surface area (Å²) < 4.78 is 5.58. The van der Waals surface area contributed by atoms with Crippen LogP contribution >= 0.6 is 0 Å². The maximum absolute atomic E-state index is 11.7. The van der Waals surface area contributed by atoms with E-state index in [1.54, 1.807) is 0 Å². The first-order valence-electron chi connectivity index (χ1n) is 8.08. The first-order valence-corrected chi connectivity index (χ1v) is 8.08. The molecule has 0 unspecified atom stereocenters. The molecule has 1 aliphatic heterocycles. The average Bonchev–Trinajstić information content (AvgIpc) is 2.68. The minimum atomic E-state index is -0.572. The Morgan fingerprint density at radius 2 is 1.85 bits per heavy atom. The Bertz CT molecular complexity index is 956. The molecule has 1 fully saturated rings. The molecule has 136 valence electrons. The van der Waals surface area contributed by atoms with Crippen LogP contribution in [0, 0.1) is 32.8 Å². The molecule has 2 heterocycles. The van der Waals surface area contributed by atoms with Gasteiger partial charge in [0.15, 0.2) is 0 Å². The highest BCUT2D eigenvalue weighted by Crippen LogP contribution is 2.36. The number of nitrogens with zero attached hydrogens (tertiary/aromatic N) is 7. The van der Waals surface area contributed by atoms with Crippen molar-refractivity contribution in [2.24, 2.45) is 0 Å². The zero-order valence-electron chi connectivity index (χ0n) is 14.5. The molecule has 10 heteroatoms. The summed E-state index contributed by atoms with van der Waals surface area (Å²) in [6.07, 6.45) is 1.21. The van der Waals surface area contributed by atoms with Crippen molar-refractivity contribution in [2.75, 3.05) is 38.1 Å². The van der Waals surface area contributed by atoms with Crippen molar-refractivity contribution in [1.29, 1.82) is 10.5 Å². The number of piperazine rings is 1. The highest BCUT2D eigenvalue weighted by Gasteiger charge is 2.30. The topological polar surface area (TPSA) is 132 Å². The third-order valence-electron chi connectivity index (χ3n) is 4.20. The van der Waals surface area contributed by atoms with Crippen LogP contribution in [0.25, 0.3) is 0 Å². The first kappa shape index (κ1) is 18.0. The molecule has 0 spiro atoms. The van der Waals surface area contributed by atoms with Crippen molar-refractivity contribution in [2.45, 2.75) is 0 Å². The van der Waals surface area contributed by atoms with E-state index in [1.807, 2.05) is 24.1 Å². The molecular formula is C17H15N7O3. The summed E-state index contributed by atoms with van der Waals surface area (Å²) >= 11 is 0. The maximum atomic E-state index is 11.7. The van der Waals surface area contributed by atoms with E-state index in [4.69, 9.17) is 15.3 Å². The van der Waals surface area contributed by atoms with Crippen molar-refractivity contribution in [1.82, 2.24) is 14.9 Å². The summed E-state index contributed by atoms with van der Waals surface area (Å²) in [6.45, 7) is 2.73. The highest BCUT2D eigenvalue weighted by atomic mass is 16.6. The van der Waals surface area contributed by atoms with Crippen LogP contribution in [0.15, 0.2) is 24.5 Å². The zero-order valence-corrected chi connectivity index (χ0v) is 14.5. The van der Waals surface area contributed by atoms with Gasteiger partial charge in [0, 0.05) is 26.2 Å². The predicted octanol–water partition coefficient (Wildman–Crippen LogP) is 1.67. The molecule has 0 atom stereocenters. The Morgan fingerprint density at radius 1 is 1.15 bits per heavy atom. The van der Waals surface area contributed by atoms with Crippen molar-refractivity contribution in [3.05, 3.63) is 45.8 Å². The number of hydrogen-bond acceptors (Lipinski definition) is 9. The van der Waals surface area contributed by atoms with E-state index in [9.17, 15) is 10.1 Å². The van der Waals surface area contributed by atoms with Crippen LogP contribution in [0.5, 0.6) is 11.6 Å². The van der Waals surface area contributed by atoms with Crippen LogP contribution in [-0.4, -0.2) is 53.0 Å². The number of hydrogen-bond donors (Lipinski definition) is 0. The summed E-state index contributed by atoms with van der Waals surface area (Å²) in [7, 11) is 1.98. The van der Waals surface area contributed by atoms with E-state index >= 15 is 0 Å². The number of nitro groups is 1. The van der Waals surface area contributed by atoms with Gasteiger partial charge in [-0.05, 0) is 25.2 Å². The second kappa shape index (κ2) is 7.64. The molecule has 1 aromatic heterocycles. The lowest BCUT2D eigenvalue weighted by atomic mass is 10.1. The SMILES string of the molecule is CN1CCN(c2ncnc(Oc3ccc(C#N)c(C#N)c3)c2[N+](=O)[O-])CC1. The number of aromatic nitrogens is 2. The van der Waals surface area contributed by atoms with Gasteiger partial charge >= 0.3 is 11.6 Å². The van der Waals surface area contributed by atoms with Gasteiger partial charge in [-0.25, -0.2) is 4.98 Å². The van der Waals surface area contributed by atoms with E-state index in [-0.39, 0.29) is 34.3 Å². The van der Waals surface area contributed by atoms with Gasteiger partial charge in [0.1, 0.15) is 24.2 Å². The van der Waals surface area contributed by atoms with Crippen molar-refractivity contribution >= 4 is 11.5 Å². The van der Waals surface area contributed by atoms with Gasteiger partial charge in [-0.15, -0.1) is 0 Å². The van der Waals surface area contributed by atoms with Crippen LogP contribution in [0.2, 0.25) is 0 Å². The van der Waals surface area contributed by atoms with E-state index in [0.29, 0.717) is 13.1 Å². The van der Waals surface area contributed by atoms with Crippen LogP contribution in [0.3, 0.4) is 0 Å². The predicted molar refractivity (Wildman–Crippen MR) is 94.3 cm³/mol. The minimum absolute atomic E-state index is 0.117. The Kier molecular flexibility index (Phi) is 5.11. The number of rotatable bonds is 4. The smallest absolute Gasteiger partial charge is 0.373 e. The molecule has 0 N–H and O–H groups in total. The van der Waals surface area contributed by atoms with Gasteiger partial charge in [0.2, 0.25) is 5.82 Å². The zero-order chi connectivity index (χ0) is 19.4. The normalized spacial score (nSPS) is 14.3. The fourth-order valence-electron chi connectivity index (χ4n) is 2.73. The third-order valence-corrected chi connectivity index (χ3v) is 4.20. The second-order valence-corrected chi connectivity index (χ2v) is 5.93. The van der Waals surface area contributed by atoms with E-state index in [2.05, 4.69) is 14.9 Å². The summed E-state index contributed by atoms with van der Waals surface area (Å²) in [5, 5.41) is 29.8. The molecule has 0 radical (unpaired) electrons. The van der Waals surface area contributed by atoms with Gasteiger partial charge in [-0.2, -0.15) is 15.5 Å². The molecule has 10 nitrogen and oxygen atoms in total. The van der Waals surface area contributed by atoms with Crippen LogP contribution in [0.1, 0.15) is 11.1 Å². The molecular weight excluding hydrogens is 350 g/mol. The lowest BCUT2D eigenvalue weighted by Crippen LogP contribution is -2.45. The lowest BCUT2D eigenvalue weighted by Gasteiger charge is -2.32. The third kappa shape index (κ3) is 3.76. The highest BCUT2D eigenvalue weighted by molar-refractivity contribution is 5.64. The summed E-state index contributed by atoms with van der Waals surface area (Å²) in [6, 6.07) is 8.02. The van der Waals surface area contributed by atoms with Crippen LogP contribution < -0.4 is 9.64 Å². The van der Waals surface area contributed by atoms with E-state index in [1.165, 1.54) is 24.5 Å². The molecule has 1 aromatic carbocycles. The number of nitriles is 2. The number of benzene rings is 1. The molecule has 1 aliphatic rings. The summed E-state index contributed by atoms with van der Waals surface area (Å²) in [5.74, 6) is 0.168. The Balaban J connectivity index is 1.97. The van der Waals surface area contributed by atoms with Crippen molar-refractivity contribution in [3.63, 3.8) is 0 Å². The fourth-order valence-corrected chi connectivity index (χ4v) is 2.73. The quantitative estimate of drug-likeness (QED) is 0.586. The van der Waals surface area contributed by atoms with Gasteiger partial charge in [-0.3, -0.25) is 10.1 Å². The summed E-state index contributed by atoms with van der Waals surface area (Å²) in [4.78, 5) is 23.1. The van der Waals surface area contributed by atoms with Gasteiger partial charge < -0.3 is 14.5 Å². The monoisotopic (exact) mass is 365 g/mol. The van der Waals surface area contributed by atoms with Crippen LogP contribution in [-0.2, 0) is 0 Å². The number of ether oxygens (including phenoxy) is 1. The molecule has 1 saturated heterocycles. The van der Waals surface area contributed by atoms with Gasteiger partial charge in [0.05, 0.1) is 16.1 Å². The standard InChI is InChI=1S/C17H15N7O3/c1-22-4-6-23(7-5-22)16-15(24(25)26)17(21-11-20-16)27-14-3-2-12(9-18)13(8-14)10-19/h2-3,8,11H,4-7H2,1H3. The lowest BCUT2D eigenvalue weighted by molar-refractivity contribution is -0.385. The van der Waals surface area contributed by atoms with Crippen LogP contribution in [0.4, 0.5) is 11.5 Å². The molecule has 27 heavy (non-hydrogen) atoms. The molecule has 2 aromatic rings. The maximum Gasteiger partial charge on any atom is 0.373 e. The van der Waals surface area contributed by atoms with Gasteiger partial charge in [-0.1, -0.05) is 0 Å². The number of likely N-dealkylation sites (N-methyl/N-ethyl adjacent to an activating group) is 1. The molecule has 0 aliphatic carbocycles. The Labute approximate surface area is 155 Å². The molecule has 0 saturated carbocycles. The molecule has 0 amide bonds. The molecule has 3 rings (SSSR count). The Morgan fingerprint density at radius 3 is 2.48 bits per heavy atom. The minimum Gasteiger partial charge on any atom is -0.433 e. The van der Waals surface area contributed by atoms with Gasteiger partial charge in [0.25, 0.3) is 0 Å². The second-order valence-electron chi connectivity index (χ2n) is 5.93. The summed E-state index contributed by atoms with van der Waals surface area (Å²) in [5.41, 5.74) is -0.0175. The first-order chi connectivity index (χ1) is 13.0. The Hall–Kier alpha value is -3.76. The van der Waals surface area contributed by atoms with E-state index < -0.39 is 4.92 Å². The number of anilines is 1. The van der Waals surface area contributed by atoms with E-state index in [0.717, 1.165) is 13.1 Å². The average molecular weight is 365 g/mol. The molecule has 0 bridgehead atoms. The van der Waals surface area contributed by atoms with Crippen molar-refractivity contribution < 1.29 is 9.66 Å². The fraction of sp³-hybridized carbons (Fsp3) is 0.294. The van der Waals surface area contributed by atoms with Crippen molar-refractivity contribution in [3.8, 4) is 23.8 Å². The largest absolute Gasteiger partial charge is 0.433 e.